The third-order valence-electron chi connectivity index (χ3n) is 6.84. The minimum absolute atomic E-state index is 0.121. The molecule has 0 unspecified atom stereocenters. The predicted octanol–water partition coefficient (Wildman–Crippen LogP) is 5.79. The van der Waals surface area contributed by atoms with Crippen molar-refractivity contribution in [3.8, 4) is 0 Å². The van der Waals surface area contributed by atoms with Crippen LogP contribution in [-0.2, 0) is 19.1 Å². The fraction of sp³-hybridized carbons (Fsp3) is 0.423. The average molecular weight is 484 g/mol. The largest absolute Gasteiger partial charge is 0.416 e. The minimum atomic E-state index is -4.43. The van der Waals surface area contributed by atoms with Gasteiger partial charge in [0.15, 0.2) is 0 Å². The number of piperidine rings is 1. The van der Waals surface area contributed by atoms with Crippen LogP contribution in [0, 0.1) is 0 Å². The Labute approximate surface area is 202 Å². The number of anilines is 2. The van der Waals surface area contributed by atoms with E-state index in [-0.39, 0.29) is 17.5 Å². The highest BCUT2D eigenvalue weighted by Gasteiger charge is 2.32. The van der Waals surface area contributed by atoms with Gasteiger partial charge in [-0.3, -0.25) is 4.79 Å². The molecule has 0 radical (unpaired) electrons. The highest BCUT2D eigenvalue weighted by molar-refractivity contribution is 6.00. The van der Waals surface area contributed by atoms with E-state index in [0.29, 0.717) is 24.3 Å². The first-order valence-corrected chi connectivity index (χ1v) is 12.1. The Morgan fingerprint density at radius 1 is 0.971 bits per heavy atom. The van der Waals surface area contributed by atoms with E-state index in [1.807, 2.05) is 4.90 Å². The summed E-state index contributed by atoms with van der Waals surface area (Å²) in [6.07, 6.45) is 1.75. The molecule has 0 spiro atoms. The zero-order valence-corrected chi connectivity index (χ0v) is 19.4. The Morgan fingerprint density at radius 3 is 2.69 bits per heavy atom. The molecule has 1 fully saturated rings. The first kappa shape index (κ1) is 23.4. The van der Waals surface area contributed by atoms with E-state index in [1.54, 1.807) is 30.3 Å². The van der Waals surface area contributed by atoms with Gasteiger partial charge in [0.1, 0.15) is 11.6 Å². The van der Waals surface area contributed by atoms with E-state index in [9.17, 15) is 18.0 Å². The molecule has 1 N–H and O–H groups in total. The lowest BCUT2D eigenvalue weighted by Gasteiger charge is -2.33. The van der Waals surface area contributed by atoms with Crippen LogP contribution >= 0.6 is 0 Å². The van der Waals surface area contributed by atoms with E-state index < -0.39 is 11.7 Å². The third kappa shape index (κ3) is 5.04. The van der Waals surface area contributed by atoms with Crippen molar-refractivity contribution in [3.05, 3.63) is 71.3 Å². The van der Waals surface area contributed by atoms with Gasteiger partial charge in [0.2, 0.25) is 0 Å². The molecule has 9 heteroatoms. The molecule has 184 valence electrons. The number of para-hydroxylation sites is 1. The third-order valence-corrected chi connectivity index (χ3v) is 6.84. The molecule has 3 aromatic rings. The lowest BCUT2D eigenvalue weighted by molar-refractivity contribution is -0.137. The number of amides is 1. The number of nitrogens with zero attached hydrogens (tertiary/aromatic N) is 4. The molecule has 2 aromatic carbocycles. The first-order valence-electron chi connectivity index (χ1n) is 12.1. The number of aromatic nitrogens is 3. The lowest BCUT2D eigenvalue weighted by Crippen LogP contribution is -2.40. The van der Waals surface area contributed by atoms with Gasteiger partial charge in [-0.05, 0) is 56.0 Å². The van der Waals surface area contributed by atoms with Gasteiger partial charge in [-0.1, -0.05) is 24.6 Å². The maximum absolute atomic E-state index is 13.6. The van der Waals surface area contributed by atoms with E-state index in [1.165, 1.54) is 12.5 Å². The first-order chi connectivity index (χ1) is 16.9. The second kappa shape index (κ2) is 9.71. The minimum Gasteiger partial charge on any atom is -0.355 e. The van der Waals surface area contributed by atoms with Gasteiger partial charge in [-0.2, -0.15) is 13.2 Å². The molecule has 1 amide bonds. The SMILES string of the molecule is O=C(c1ccccc1Nc1cccc(C(F)(F)F)c1)N1CCC[C@@H](c2nnc3n2CCCCC3)C1. The molecule has 0 saturated carbocycles. The Bertz CT molecular complexity index is 1210. The Hall–Kier alpha value is -3.36. The number of likely N-dealkylation sites (tertiary alicyclic amines) is 1. The van der Waals surface area contributed by atoms with Gasteiger partial charge in [-0.15, -0.1) is 10.2 Å². The molecule has 1 atom stereocenters. The molecule has 2 aliphatic heterocycles. The Kier molecular flexibility index (Phi) is 6.49. The highest BCUT2D eigenvalue weighted by atomic mass is 19.4. The predicted molar refractivity (Wildman–Crippen MR) is 127 cm³/mol. The van der Waals surface area contributed by atoms with E-state index in [4.69, 9.17) is 0 Å². The number of rotatable bonds is 4. The summed E-state index contributed by atoms with van der Waals surface area (Å²) in [5.41, 5.74) is 0.460. The van der Waals surface area contributed by atoms with E-state index in [2.05, 4.69) is 20.1 Å². The summed E-state index contributed by atoms with van der Waals surface area (Å²) >= 11 is 0. The van der Waals surface area contributed by atoms with Gasteiger partial charge < -0.3 is 14.8 Å². The van der Waals surface area contributed by atoms with Crippen LogP contribution in [0.25, 0.3) is 0 Å². The fourth-order valence-corrected chi connectivity index (χ4v) is 5.06. The second-order valence-corrected chi connectivity index (χ2v) is 9.28. The van der Waals surface area contributed by atoms with Crippen molar-refractivity contribution in [1.29, 1.82) is 0 Å². The summed E-state index contributed by atoms with van der Waals surface area (Å²) < 4.78 is 41.7. The summed E-state index contributed by atoms with van der Waals surface area (Å²) in [7, 11) is 0. The molecule has 3 heterocycles. The van der Waals surface area contributed by atoms with Crippen molar-refractivity contribution in [2.24, 2.45) is 0 Å². The van der Waals surface area contributed by atoms with Crippen molar-refractivity contribution in [2.75, 3.05) is 18.4 Å². The summed E-state index contributed by atoms with van der Waals surface area (Å²) in [6.45, 7) is 2.11. The average Bonchev–Trinajstić information content (AvgIpc) is 3.12. The maximum atomic E-state index is 13.6. The zero-order valence-electron chi connectivity index (χ0n) is 19.4. The molecule has 1 saturated heterocycles. The number of benzene rings is 2. The van der Waals surface area contributed by atoms with Crippen molar-refractivity contribution in [2.45, 2.75) is 57.2 Å². The molecule has 6 nitrogen and oxygen atoms in total. The van der Waals surface area contributed by atoms with Crippen LogP contribution in [0.15, 0.2) is 48.5 Å². The second-order valence-electron chi connectivity index (χ2n) is 9.28. The number of halogens is 3. The van der Waals surface area contributed by atoms with Gasteiger partial charge in [0.05, 0.1) is 16.8 Å². The molecule has 1 aromatic heterocycles. The standard InChI is InChI=1S/C26H28F3N5O/c27-26(28,29)19-9-6-10-20(16-19)30-22-12-4-3-11-21(22)25(35)33-14-7-8-18(17-33)24-32-31-23-13-2-1-5-15-34(23)24/h3-4,6,9-12,16,18,30H,1-2,5,7-8,13-15,17H2/t18-/m1/s1. The van der Waals surface area contributed by atoms with Crippen LogP contribution in [0.2, 0.25) is 0 Å². The number of alkyl halides is 3. The zero-order chi connectivity index (χ0) is 24.4. The Balaban J connectivity index is 1.35. The number of hydrogen-bond donors (Lipinski definition) is 1. The molecule has 2 aliphatic rings. The van der Waals surface area contributed by atoms with E-state index >= 15 is 0 Å². The van der Waals surface area contributed by atoms with Gasteiger partial charge in [0, 0.05) is 37.7 Å². The summed E-state index contributed by atoms with van der Waals surface area (Å²) in [5, 5.41) is 11.9. The van der Waals surface area contributed by atoms with Crippen LogP contribution < -0.4 is 5.32 Å². The molecular weight excluding hydrogens is 455 g/mol. The van der Waals surface area contributed by atoms with Gasteiger partial charge >= 0.3 is 6.18 Å². The number of fused-ring (bicyclic) bond motifs is 1. The van der Waals surface area contributed by atoms with Crippen molar-refractivity contribution >= 4 is 17.3 Å². The quantitative estimate of drug-likeness (QED) is 0.511. The van der Waals surface area contributed by atoms with Crippen LogP contribution in [-0.4, -0.2) is 38.7 Å². The highest BCUT2D eigenvalue weighted by Crippen LogP contribution is 2.33. The van der Waals surface area contributed by atoms with E-state index in [0.717, 1.165) is 62.4 Å². The fourth-order valence-electron chi connectivity index (χ4n) is 5.06. The summed E-state index contributed by atoms with van der Waals surface area (Å²) in [4.78, 5) is 15.4. The van der Waals surface area contributed by atoms with Crippen LogP contribution in [0.3, 0.4) is 0 Å². The maximum Gasteiger partial charge on any atom is 0.416 e. The number of carbonyl (C=O) groups excluding carboxylic acids is 1. The number of hydrogen-bond acceptors (Lipinski definition) is 4. The smallest absolute Gasteiger partial charge is 0.355 e. The monoisotopic (exact) mass is 483 g/mol. The Morgan fingerprint density at radius 2 is 1.83 bits per heavy atom. The topological polar surface area (TPSA) is 63.1 Å². The number of carbonyl (C=O) groups is 1. The number of aryl methyl sites for hydroxylation is 1. The summed E-state index contributed by atoms with van der Waals surface area (Å²) in [6, 6.07) is 12.0. The molecular formula is C26H28F3N5O. The van der Waals surface area contributed by atoms with Crippen LogP contribution in [0.4, 0.5) is 24.5 Å². The lowest BCUT2D eigenvalue weighted by atomic mass is 9.96. The van der Waals surface area contributed by atoms with Crippen molar-refractivity contribution in [3.63, 3.8) is 0 Å². The normalized spacial score (nSPS) is 18.6. The summed E-state index contributed by atoms with van der Waals surface area (Å²) in [5.74, 6) is 1.99. The van der Waals surface area contributed by atoms with Crippen molar-refractivity contribution < 1.29 is 18.0 Å². The van der Waals surface area contributed by atoms with Gasteiger partial charge in [-0.25, -0.2) is 0 Å². The molecule has 0 aliphatic carbocycles. The molecule has 0 bridgehead atoms. The number of nitrogens with one attached hydrogen (secondary N) is 1. The van der Waals surface area contributed by atoms with Crippen LogP contribution in [0.1, 0.15) is 65.6 Å². The van der Waals surface area contributed by atoms with Crippen molar-refractivity contribution in [1.82, 2.24) is 19.7 Å². The molecule has 35 heavy (non-hydrogen) atoms. The molecule has 5 rings (SSSR count). The van der Waals surface area contributed by atoms with Crippen LogP contribution in [0.5, 0.6) is 0 Å². The van der Waals surface area contributed by atoms with Gasteiger partial charge in [0.25, 0.3) is 5.91 Å².